The molecule has 7 heteroatoms. The fourth-order valence-corrected chi connectivity index (χ4v) is 3.49. The van der Waals surface area contributed by atoms with Gasteiger partial charge in [-0.15, -0.1) is 0 Å². The van der Waals surface area contributed by atoms with Crippen LogP contribution in [-0.2, 0) is 6.54 Å². The Morgan fingerprint density at radius 3 is 2.88 bits per heavy atom. The Bertz CT molecular complexity index is 698. The van der Waals surface area contributed by atoms with Crippen molar-refractivity contribution in [3.05, 3.63) is 40.6 Å². The van der Waals surface area contributed by atoms with Gasteiger partial charge in [-0.05, 0) is 40.0 Å². The molecule has 1 unspecified atom stereocenters. The van der Waals surface area contributed by atoms with Crippen molar-refractivity contribution in [2.75, 3.05) is 32.6 Å². The predicted octanol–water partition coefficient (Wildman–Crippen LogP) is 2.94. The Hall–Kier alpha value is -1.86. The topological polar surface area (TPSA) is 59.5 Å². The van der Waals surface area contributed by atoms with E-state index in [9.17, 15) is 0 Å². The molecule has 0 aliphatic carbocycles. The Morgan fingerprint density at radius 2 is 2.12 bits per heavy atom. The zero-order valence-corrected chi connectivity index (χ0v) is 15.4. The number of nitrogens with zero attached hydrogens (tertiary/aromatic N) is 3. The molecule has 2 aromatic rings. The van der Waals surface area contributed by atoms with E-state index in [0.29, 0.717) is 11.9 Å². The molecule has 0 saturated carbocycles. The van der Waals surface area contributed by atoms with Gasteiger partial charge in [-0.1, -0.05) is 6.07 Å². The average molecular weight is 393 g/mol. The van der Waals surface area contributed by atoms with Gasteiger partial charge < -0.3 is 14.8 Å². The van der Waals surface area contributed by atoms with Crippen molar-refractivity contribution in [3.63, 3.8) is 0 Å². The third kappa shape index (κ3) is 4.15. The average Bonchev–Trinajstić information content (AvgIpc) is 3.02. The van der Waals surface area contributed by atoms with E-state index in [1.807, 2.05) is 12.1 Å². The SMILES string of the molecule is COc1cc(NC2CCN(Cc3ccc(OC)c(Br)c3)C2)ncn1. The number of halogens is 1. The van der Waals surface area contributed by atoms with Crippen LogP contribution in [0.4, 0.5) is 5.82 Å². The molecule has 1 aliphatic heterocycles. The van der Waals surface area contributed by atoms with Crippen LogP contribution < -0.4 is 14.8 Å². The van der Waals surface area contributed by atoms with E-state index in [1.54, 1.807) is 14.2 Å². The van der Waals surface area contributed by atoms with Crippen LogP contribution in [0.3, 0.4) is 0 Å². The zero-order chi connectivity index (χ0) is 16.9. The Morgan fingerprint density at radius 1 is 1.25 bits per heavy atom. The third-order valence-corrected chi connectivity index (χ3v) is 4.72. The highest BCUT2D eigenvalue weighted by Crippen LogP contribution is 2.27. The van der Waals surface area contributed by atoms with Gasteiger partial charge >= 0.3 is 0 Å². The highest BCUT2D eigenvalue weighted by Gasteiger charge is 2.23. The van der Waals surface area contributed by atoms with E-state index in [0.717, 1.165) is 42.1 Å². The quantitative estimate of drug-likeness (QED) is 0.815. The number of anilines is 1. The van der Waals surface area contributed by atoms with Gasteiger partial charge in [-0.25, -0.2) is 9.97 Å². The van der Waals surface area contributed by atoms with Crippen LogP contribution >= 0.6 is 15.9 Å². The normalized spacial score (nSPS) is 17.7. The number of likely N-dealkylation sites (tertiary alicyclic amines) is 1. The summed E-state index contributed by atoms with van der Waals surface area (Å²) in [5, 5.41) is 3.46. The Balaban J connectivity index is 1.56. The van der Waals surface area contributed by atoms with Gasteiger partial charge in [0, 0.05) is 31.7 Å². The first kappa shape index (κ1) is 17.0. The Kier molecular flexibility index (Phi) is 5.52. The molecular formula is C17H21BrN4O2. The number of benzene rings is 1. The van der Waals surface area contributed by atoms with Crippen LogP contribution in [0.25, 0.3) is 0 Å². The van der Waals surface area contributed by atoms with Crippen molar-refractivity contribution in [2.24, 2.45) is 0 Å². The molecule has 1 N–H and O–H groups in total. The van der Waals surface area contributed by atoms with E-state index in [1.165, 1.54) is 11.9 Å². The number of ether oxygens (including phenoxy) is 2. The van der Waals surface area contributed by atoms with Gasteiger partial charge in [-0.3, -0.25) is 4.90 Å². The summed E-state index contributed by atoms with van der Waals surface area (Å²) in [5.74, 6) is 2.24. The van der Waals surface area contributed by atoms with Gasteiger partial charge in [-0.2, -0.15) is 0 Å². The van der Waals surface area contributed by atoms with Crippen LogP contribution in [0, 0.1) is 0 Å². The summed E-state index contributed by atoms with van der Waals surface area (Å²) in [7, 11) is 3.29. The lowest BCUT2D eigenvalue weighted by Crippen LogP contribution is -2.26. The molecule has 24 heavy (non-hydrogen) atoms. The lowest BCUT2D eigenvalue weighted by molar-refractivity contribution is 0.328. The summed E-state index contributed by atoms with van der Waals surface area (Å²) in [5.41, 5.74) is 1.27. The minimum absolute atomic E-state index is 0.381. The summed E-state index contributed by atoms with van der Waals surface area (Å²) < 4.78 is 11.4. The molecule has 1 fully saturated rings. The molecule has 128 valence electrons. The third-order valence-electron chi connectivity index (χ3n) is 4.10. The molecule has 6 nitrogen and oxygen atoms in total. The number of aromatic nitrogens is 2. The van der Waals surface area contributed by atoms with Crippen LogP contribution in [0.1, 0.15) is 12.0 Å². The molecule has 1 saturated heterocycles. The van der Waals surface area contributed by atoms with Crippen LogP contribution in [0.2, 0.25) is 0 Å². The summed E-state index contributed by atoms with van der Waals surface area (Å²) in [6.07, 6.45) is 2.60. The van der Waals surface area contributed by atoms with E-state index in [-0.39, 0.29) is 0 Å². The van der Waals surface area contributed by atoms with E-state index >= 15 is 0 Å². The van der Waals surface area contributed by atoms with Gasteiger partial charge in [0.15, 0.2) is 0 Å². The van der Waals surface area contributed by atoms with Gasteiger partial charge in [0.1, 0.15) is 17.9 Å². The number of methoxy groups -OCH3 is 2. The molecule has 3 rings (SSSR count). The van der Waals surface area contributed by atoms with Crippen LogP contribution in [0.15, 0.2) is 35.1 Å². The van der Waals surface area contributed by atoms with Crippen molar-refractivity contribution in [2.45, 2.75) is 19.0 Å². The molecule has 1 aliphatic rings. The minimum atomic E-state index is 0.381. The summed E-state index contributed by atoms with van der Waals surface area (Å²) in [4.78, 5) is 10.7. The standard InChI is InChI=1S/C17H21BrN4O2/c1-23-15-4-3-12(7-14(15)18)9-22-6-5-13(10-22)21-16-8-17(24-2)20-11-19-16/h3-4,7-8,11,13H,5-6,9-10H2,1-2H3,(H,19,20,21). The molecule has 0 radical (unpaired) electrons. The molecule has 1 atom stereocenters. The number of hydrogen-bond acceptors (Lipinski definition) is 6. The van der Waals surface area contributed by atoms with Crippen LogP contribution in [-0.4, -0.2) is 48.2 Å². The second-order valence-corrected chi connectivity index (χ2v) is 6.63. The highest BCUT2D eigenvalue weighted by molar-refractivity contribution is 9.10. The highest BCUT2D eigenvalue weighted by atomic mass is 79.9. The van der Waals surface area contributed by atoms with Crippen molar-refractivity contribution >= 4 is 21.7 Å². The molecule has 1 aromatic heterocycles. The molecule has 1 aromatic carbocycles. The first-order valence-electron chi connectivity index (χ1n) is 7.85. The second-order valence-electron chi connectivity index (χ2n) is 5.78. The van der Waals surface area contributed by atoms with Crippen molar-refractivity contribution < 1.29 is 9.47 Å². The maximum absolute atomic E-state index is 5.28. The van der Waals surface area contributed by atoms with E-state index < -0.39 is 0 Å². The van der Waals surface area contributed by atoms with Gasteiger partial charge in [0.25, 0.3) is 0 Å². The summed E-state index contributed by atoms with van der Waals surface area (Å²) >= 11 is 3.54. The first-order valence-corrected chi connectivity index (χ1v) is 8.64. The maximum Gasteiger partial charge on any atom is 0.218 e. The molecular weight excluding hydrogens is 372 g/mol. The van der Waals surface area contributed by atoms with E-state index in [2.05, 4.69) is 48.2 Å². The first-order chi connectivity index (χ1) is 11.7. The van der Waals surface area contributed by atoms with E-state index in [4.69, 9.17) is 9.47 Å². The largest absolute Gasteiger partial charge is 0.496 e. The van der Waals surface area contributed by atoms with Crippen LogP contribution in [0.5, 0.6) is 11.6 Å². The fraction of sp³-hybridized carbons (Fsp3) is 0.412. The summed E-state index contributed by atoms with van der Waals surface area (Å²) in [6.45, 7) is 2.97. The number of rotatable bonds is 6. The maximum atomic E-state index is 5.28. The monoisotopic (exact) mass is 392 g/mol. The molecule has 0 spiro atoms. The zero-order valence-electron chi connectivity index (χ0n) is 13.8. The smallest absolute Gasteiger partial charge is 0.218 e. The lowest BCUT2D eigenvalue weighted by Gasteiger charge is -2.17. The molecule has 0 bridgehead atoms. The predicted molar refractivity (Wildman–Crippen MR) is 96.6 cm³/mol. The number of nitrogens with one attached hydrogen (secondary N) is 1. The van der Waals surface area contributed by atoms with Crippen molar-refractivity contribution in [1.29, 1.82) is 0 Å². The minimum Gasteiger partial charge on any atom is -0.496 e. The molecule has 0 amide bonds. The molecule has 2 heterocycles. The van der Waals surface area contributed by atoms with Gasteiger partial charge in [0.2, 0.25) is 5.88 Å². The van der Waals surface area contributed by atoms with Crippen molar-refractivity contribution in [1.82, 2.24) is 14.9 Å². The van der Waals surface area contributed by atoms with Gasteiger partial charge in [0.05, 0.1) is 18.7 Å². The summed E-state index contributed by atoms with van der Waals surface area (Å²) in [6, 6.07) is 8.43. The Labute approximate surface area is 150 Å². The number of hydrogen-bond donors (Lipinski definition) is 1. The van der Waals surface area contributed by atoms with Crippen molar-refractivity contribution in [3.8, 4) is 11.6 Å². The second kappa shape index (κ2) is 7.81. The lowest BCUT2D eigenvalue weighted by atomic mass is 10.2. The fourth-order valence-electron chi connectivity index (χ4n) is 2.90.